The molecule has 0 fully saturated rings. The molecule has 1 aromatic carbocycles. The Morgan fingerprint density at radius 3 is 2.62 bits per heavy atom. The van der Waals surface area contributed by atoms with Gasteiger partial charge in [-0.15, -0.1) is 0 Å². The third-order valence-corrected chi connectivity index (χ3v) is 6.26. The molecule has 0 bridgehead atoms. The first-order valence-electron chi connectivity index (χ1n) is 10.0. The predicted molar refractivity (Wildman–Crippen MR) is 125 cm³/mol. The zero-order valence-corrected chi connectivity index (χ0v) is 19.7. The van der Waals surface area contributed by atoms with Crippen molar-refractivity contribution in [1.29, 1.82) is 0 Å². The Morgan fingerprint density at radius 1 is 1.28 bits per heavy atom. The van der Waals surface area contributed by atoms with Crippen LogP contribution in [0.2, 0.25) is 5.02 Å². The van der Waals surface area contributed by atoms with E-state index < -0.39 is 12.0 Å². The molecule has 1 atom stereocenters. The minimum atomic E-state index is -0.668. The van der Waals surface area contributed by atoms with Crippen molar-refractivity contribution in [1.82, 2.24) is 4.57 Å². The number of nitrogens with zero attached hydrogens (tertiary/aromatic N) is 3. The van der Waals surface area contributed by atoms with Gasteiger partial charge in [0.25, 0.3) is 5.56 Å². The van der Waals surface area contributed by atoms with Crippen LogP contribution in [0.3, 0.4) is 0 Å². The molecule has 1 aliphatic rings. The summed E-state index contributed by atoms with van der Waals surface area (Å²) in [6.45, 7) is 3.72. The van der Waals surface area contributed by atoms with Crippen LogP contribution in [0.15, 0.2) is 61.9 Å². The van der Waals surface area contributed by atoms with Crippen LogP contribution >= 0.6 is 22.9 Å². The number of aromatic nitrogens is 1. The Hall–Kier alpha value is -3.10. The Kier molecular flexibility index (Phi) is 6.08. The second-order valence-corrected chi connectivity index (χ2v) is 8.87. The van der Waals surface area contributed by atoms with Crippen LogP contribution in [0.4, 0.5) is 5.88 Å². The van der Waals surface area contributed by atoms with Crippen molar-refractivity contribution in [3.63, 3.8) is 0 Å². The third-order valence-electron chi connectivity index (χ3n) is 5.03. The first-order chi connectivity index (χ1) is 15.3. The Balaban J connectivity index is 1.92. The first kappa shape index (κ1) is 22.1. The van der Waals surface area contributed by atoms with Crippen molar-refractivity contribution in [3.05, 3.63) is 83.7 Å². The van der Waals surface area contributed by atoms with Gasteiger partial charge in [-0.3, -0.25) is 9.36 Å². The smallest absolute Gasteiger partial charge is 0.338 e. The molecule has 3 heterocycles. The summed E-state index contributed by atoms with van der Waals surface area (Å²) < 4.78 is 13.1. The number of rotatable bonds is 5. The van der Waals surface area contributed by atoms with Crippen LogP contribution in [0.25, 0.3) is 6.08 Å². The van der Waals surface area contributed by atoms with E-state index in [0.717, 1.165) is 5.56 Å². The monoisotopic (exact) mass is 471 g/mol. The summed E-state index contributed by atoms with van der Waals surface area (Å²) in [6.07, 6.45) is 1.69. The van der Waals surface area contributed by atoms with Gasteiger partial charge in [0.05, 0.1) is 28.5 Å². The number of halogens is 1. The number of benzene rings is 1. The van der Waals surface area contributed by atoms with Gasteiger partial charge in [-0.25, -0.2) is 9.79 Å². The molecule has 0 saturated heterocycles. The van der Waals surface area contributed by atoms with Crippen molar-refractivity contribution >= 4 is 40.9 Å². The van der Waals surface area contributed by atoms with Crippen LogP contribution in [0, 0.1) is 0 Å². The van der Waals surface area contributed by atoms with Gasteiger partial charge in [-0.2, -0.15) is 0 Å². The van der Waals surface area contributed by atoms with Crippen LogP contribution in [-0.2, 0) is 9.53 Å². The maximum atomic E-state index is 13.5. The minimum Gasteiger partial charge on any atom is -0.463 e. The van der Waals surface area contributed by atoms with Gasteiger partial charge in [0, 0.05) is 31.3 Å². The molecule has 9 heteroatoms. The van der Waals surface area contributed by atoms with E-state index in [0.29, 0.717) is 37.3 Å². The highest BCUT2D eigenvalue weighted by atomic mass is 35.5. The average Bonchev–Trinajstić information content (AvgIpc) is 3.33. The number of hydrogen-bond acceptors (Lipinski definition) is 7. The molecule has 1 unspecified atom stereocenters. The topological polar surface area (TPSA) is 77.0 Å². The van der Waals surface area contributed by atoms with Crippen LogP contribution in [0.1, 0.15) is 31.2 Å². The van der Waals surface area contributed by atoms with E-state index in [1.54, 1.807) is 50.3 Å². The fraction of sp³-hybridized carbons (Fsp3) is 0.261. The lowest BCUT2D eigenvalue weighted by molar-refractivity contribution is -0.139. The molecule has 2 aromatic heterocycles. The van der Waals surface area contributed by atoms with Crippen LogP contribution < -0.4 is 19.8 Å². The van der Waals surface area contributed by atoms with E-state index in [2.05, 4.69) is 4.99 Å². The maximum Gasteiger partial charge on any atom is 0.338 e. The number of ether oxygens (including phenoxy) is 1. The van der Waals surface area contributed by atoms with Gasteiger partial charge in [-0.05, 0) is 37.6 Å². The first-order valence-corrected chi connectivity index (χ1v) is 11.2. The number of carbonyl (C=O) groups is 1. The normalized spacial score (nSPS) is 16.0. The summed E-state index contributed by atoms with van der Waals surface area (Å²) in [6, 6.07) is 10.0. The highest BCUT2D eigenvalue weighted by Gasteiger charge is 2.33. The quantitative estimate of drug-likeness (QED) is 0.534. The van der Waals surface area contributed by atoms with E-state index in [-0.39, 0.29) is 12.2 Å². The molecule has 0 amide bonds. The van der Waals surface area contributed by atoms with E-state index >= 15 is 0 Å². The van der Waals surface area contributed by atoms with Gasteiger partial charge in [0.1, 0.15) is 5.76 Å². The van der Waals surface area contributed by atoms with Crippen LogP contribution in [0.5, 0.6) is 0 Å². The molecule has 0 aliphatic carbocycles. The number of allylic oxidation sites excluding steroid dienone is 1. The Morgan fingerprint density at radius 2 is 2.00 bits per heavy atom. The molecule has 0 saturated carbocycles. The van der Waals surface area contributed by atoms with Gasteiger partial charge in [-0.1, -0.05) is 35.1 Å². The second kappa shape index (κ2) is 8.80. The summed E-state index contributed by atoms with van der Waals surface area (Å²) in [7, 11) is 3.75. The summed E-state index contributed by atoms with van der Waals surface area (Å²) >= 11 is 7.32. The summed E-state index contributed by atoms with van der Waals surface area (Å²) in [5.74, 6) is 0.747. The fourth-order valence-electron chi connectivity index (χ4n) is 3.54. The van der Waals surface area contributed by atoms with Crippen LogP contribution in [-0.4, -0.2) is 31.2 Å². The van der Waals surface area contributed by atoms with Crippen molar-refractivity contribution in [2.24, 2.45) is 4.99 Å². The van der Waals surface area contributed by atoms with Gasteiger partial charge in [0.2, 0.25) is 0 Å². The number of furan rings is 1. The van der Waals surface area contributed by atoms with Crippen molar-refractivity contribution in [2.45, 2.75) is 19.9 Å². The maximum absolute atomic E-state index is 13.5. The van der Waals surface area contributed by atoms with Gasteiger partial charge >= 0.3 is 5.97 Å². The van der Waals surface area contributed by atoms with Crippen molar-refractivity contribution in [3.8, 4) is 0 Å². The molecular weight excluding hydrogens is 450 g/mol. The Bertz CT molecular complexity index is 1380. The highest BCUT2D eigenvalue weighted by molar-refractivity contribution is 7.07. The van der Waals surface area contributed by atoms with Gasteiger partial charge < -0.3 is 14.1 Å². The van der Waals surface area contributed by atoms with Crippen molar-refractivity contribution < 1.29 is 13.9 Å². The molecule has 7 nitrogen and oxygen atoms in total. The summed E-state index contributed by atoms with van der Waals surface area (Å²) in [5, 5.41) is 0.564. The molecule has 0 N–H and O–H groups in total. The second-order valence-electron chi connectivity index (χ2n) is 7.42. The highest BCUT2D eigenvalue weighted by Crippen LogP contribution is 2.31. The standard InChI is InChI=1S/C23H22ClN3O4S/c1-5-30-22(29)19-13(2)25-23-27(20(19)14-6-8-15(24)9-7-14)21(28)17(32-23)12-16-10-11-18(31-16)26(3)4/h6-12,20H,5H2,1-4H3. The molecule has 4 rings (SSSR count). The number of thiazole rings is 1. The van der Waals surface area contributed by atoms with E-state index in [4.69, 9.17) is 20.8 Å². The number of hydrogen-bond donors (Lipinski definition) is 0. The molecule has 1 aliphatic heterocycles. The fourth-order valence-corrected chi connectivity index (χ4v) is 4.69. The zero-order chi connectivity index (χ0) is 23.0. The predicted octanol–water partition coefficient (Wildman–Crippen LogP) is 3.11. The summed E-state index contributed by atoms with van der Waals surface area (Å²) in [5.41, 5.74) is 1.34. The lowest BCUT2D eigenvalue weighted by atomic mass is 9.96. The van der Waals surface area contributed by atoms with E-state index in [1.165, 1.54) is 15.9 Å². The molecule has 0 spiro atoms. The number of anilines is 1. The average molecular weight is 472 g/mol. The van der Waals surface area contributed by atoms with E-state index in [1.807, 2.05) is 25.1 Å². The molecule has 166 valence electrons. The lowest BCUT2D eigenvalue weighted by Crippen LogP contribution is -2.39. The number of esters is 1. The molecule has 3 aromatic rings. The van der Waals surface area contributed by atoms with Crippen molar-refractivity contribution in [2.75, 3.05) is 25.6 Å². The van der Waals surface area contributed by atoms with Gasteiger partial charge in [0.15, 0.2) is 10.7 Å². The largest absolute Gasteiger partial charge is 0.463 e. The number of carbonyl (C=O) groups excluding carboxylic acids is 1. The minimum absolute atomic E-state index is 0.222. The molecule has 32 heavy (non-hydrogen) atoms. The lowest BCUT2D eigenvalue weighted by Gasteiger charge is -2.24. The zero-order valence-electron chi connectivity index (χ0n) is 18.1. The van der Waals surface area contributed by atoms with E-state index in [9.17, 15) is 9.59 Å². The molecule has 0 radical (unpaired) electrons. The Labute approximate surface area is 193 Å². The third kappa shape index (κ3) is 4.03. The SMILES string of the molecule is CCOC(=O)C1=C(C)N=c2sc(=Cc3ccc(N(C)C)o3)c(=O)n2C1c1ccc(Cl)cc1. The molecular formula is C23H22ClN3O4S. The number of fused-ring (bicyclic) bond motifs is 1. The summed E-state index contributed by atoms with van der Waals surface area (Å²) in [4.78, 5) is 33.2.